The third-order valence-corrected chi connectivity index (χ3v) is 4.94. The topological polar surface area (TPSA) is 139 Å². The fraction of sp³-hybridized carbons (Fsp3) is 0.286. The Labute approximate surface area is 170 Å². The van der Waals surface area contributed by atoms with Crippen LogP contribution in [0.3, 0.4) is 0 Å². The molecule has 2 aromatic carbocycles. The van der Waals surface area contributed by atoms with Crippen LogP contribution in [-0.2, 0) is 4.74 Å². The van der Waals surface area contributed by atoms with Gasteiger partial charge < -0.3 is 39.1 Å². The van der Waals surface area contributed by atoms with E-state index in [0.717, 1.165) is 0 Å². The Hall–Kier alpha value is -2.95. The number of hydrogen-bond acceptors (Lipinski definition) is 9. The predicted octanol–water partition coefficient (Wildman–Crippen LogP) is 0.605. The predicted molar refractivity (Wildman–Crippen MR) is 104 cm³/mol. The zero-order valence-electron chi connectivity index (χ0n) is 15.8. The van der Waals surface area contributed by atoms with Crippen molar-refractivity contribution >= 4 is 11.0 Å². The van der Waals surface area contributed by atoms with Gasteiger partial charge in [0.25, 0.3) is 0 Å². The van der Waals surface area contributed by atoms with Crippen molar-refractivity contribution in [2.75, 3.05) is 7.11 Å². The average molecular weight is 416 g/mol. The smallest absolute Gasteiger partial charge is 0.231 e. The summed E-state index contributed by atoms with van der Waals surface area (Å²) in [6, 6.07) is 11.4. The van der Waals surface area contributed by atoms with Crippen molar-refractivity contribution < 1.29 is 39.1 Å². The molecule has 0 unspecified atom stereocenters. The normalized spacial score (nSPS) is 26.5. The molecule has 5 atom stereocenters. The number of methoxy groups -OCH3 is 1. The number of benzene rings is 2. The molecule has 0 aliphatic carbocycles. The maximum Gasteiger partial charge on any atom is 0.231 e. The standard InChI is InChI=1S/C21H20O9/c1-27-11-4-2-10(3-5-11)14-9-28-15-8-12(6-7-13(15)16(14)22)29-21-19(25)17(23)18(24)20(26)30-21/h2-9,17-21,23-26H,1H3/t17-,18-,19+,20-,21-/m1/s1. The van der Waals surface area contributed by atoms with Crippen LogP contribution < -0.4 is 14.9 Å². The fourth-order valence-electron chi connectivity index (χ4n) is 3.21. The zero-order valence-corrected chi connectivity index (χ0v) is 15.8. The second-order valence-electron chi connectivity index (χ2n) is 6.85. The maximum atomic E-state index is 12.9. The SMILES string of the molecule is COc1ccc(-c2coc3cc(O[C@@H]4O[C@@H](O)[C@H](O)[C@@H](O)[C@@H]4O)ccc3c2=O)cc1. The van der Waals surface area contributed by atoms with Crippen LogP contribution in [0.5, 0.6) is 11.5 Å². The van der Waals surface area contributed by atoms with E-state index in [1.54, 1.807) is 31.4 Å². The monoisotopic (exact) mass is 416 g/mol. The van der Waals surface area contributed by atoms with E-state index in [9.17, 15) is 25.2 Å². The first-order valence-corrected chi connectivity index (χ1v) is 9.13. The Bertz CT molecular complexity index is 1090. The van der Waals surface area contributed by atoms with E-state index in [-0.39, 0.29) is 16.8 Å². The van der Waals surface area contributed by atoms with Gasteiger partial charge in [0.05, 0.1) is 18.1 Å². The summed E-state index contributed by atoms with van der Waals surface area (Å²) < 4.78 is 21.2. The summed E-state index contributed by atoms with van der Waals surface area (Å²) in [6.45, 7) is 0. The number of rotatable bonds is 4. The first-order chi connectivity index (χ1) is 14.4. The molecule has 1 fully saturated rings. The van der Waals surface area contributed by atoms with E-state index >= 15 is 0 Å². The molecule has 158 valence electrons. The van der Waals surface area contributed by atoms with Gasteiger partial charge in [-0.15, -0.1) is 0 Å². The molecule has 9 heteroatoms. The summed E-state index contributed by atoms with van der Waals surface area (Å²) >= 11 is 0. The number of ether oxygens (including phenoxy) is 3. The minimum atomic E-state index is -1.72. The van der Waals surface area contributed by atoms with Crippen molar-refractivity contribution in [1.29, 1.82) is 0 Å². The molecule has 30 heavy (non-hydrogen) atoms. The summed E-state index contributed by atoms with van der Waals surface area (Å²) in [5, 5.41) is 39.2. The largest absolute Gasteiger partial charge is 0.497 e. The highest BCUT2D eigenvalue weighted by Crippen LogP contribution is 2.27. The first-order valence-electron chi connectivity index (χ1n) is 9.13. The lowest BCUT2D eigenvalue weighted by Crippen LogP contribution is -2.59. The summed E-state index contributed by atoms with van der Waals surface area (Å²) in [6.07, 6.45) is -6.72. The molecule has 4 rings (SSSR count). The zero-order chi connectivity index (χ0) is 21.4. The van der Waals surface area contributed by atoms with Crippen LogP contribution in [0.15, 0.2) is 57.9 Å². The minimum Gasteiger partial charge on any atom is -0.497 e. The Kier molecular flexibility index (Phi) is 5.46. The molecule has 4 N–H and O–H groups in total. The van der Waals surface area contributed by atoms with Gasteiger partial charge in [-0.05, 0) is 29.8 Å². The number of aliphatic hydroxyl groups is 4. The highest BCUT2D eigenvalue weighted by molar-refractivity contribution is 5.82. The van der Waals surface area contributed by atoms with Crippen molar-refractivity contribution in [1.82, 2.24) is 0 Å². The highest BCUT2D eigenvalue weighted by Gasteiger charge is 2.44. The van der Waals surface area contributed by atoms with E-state index in [1.165, 1.54) is 24.5 Å². The Balaban J connectivity index is 1.61. The summed E-state index contributed by atoms with van der Waals surface area (Å²) in [5.41, 5.74) is 1.05. The molecule has 0 amide bonds. The van der Waals surface area contributed by atoms with E-state index in [1.807, 2.05) is 0 Å². The van der Waals surface area contributed by atoms with Crippen LogP contribution in [0.4, 0.5) is 0 Å². The van der Waals surface area contributed by atoms with Gasteiger partial charge in [0.1, 0.15) is 41.7 Å². The Morgan fingerprint density at radius 1 is 0.900 bits per heavy atom. The molecule has 0 spiro atoms. The molecule has 9 nitrogen and oxygen atoms in total. The molecule has 1 aliphatic heterocycles. The molecular formula is C21H20O9. The molecule has 1 aliphatic rings. The van der Waals surface area contributed by atoms with Gasteiger partial charge in [-0.2, -0.15) is 0 Å². The fourth-order valence-corrected chi connectivity index (χ4v) is 3.21. The highest BCUT2D eigenvalue weighted by atomic mass is 16.7. The van der Waals surface area contributed by atoms with Crippen LogP contribution >= 0.6 is 0 Å². The first kappa shape index (κ1) is 20.3. The average Bonchev–Trinajstić information content (AvgIpc) is 2.76. The van der Waals surface area contributed by atoms with E-state index in [4.69, 9.17) is 18.6 Å². The molecule has 2 heterocycles. The lowest BCUT2D eigenvalue weighted by molar-refractivity contribution is -0.321. The van der Waals surface area contributed by atoms with E-state index < -0.39 is 30.9 Å². The van der Waals surface area contributed by atoms with Crippen LogP contribution in [0.2, 0.25) is 0 Å². The van der Waals surface area contributed by atoms with Crippen molar-refractivity contribution in [3.63, 3.8) is 0 Å². The van der Waals surface area contributed by atoms with Gasteiger partial charge in [0, 0.05) is 6.07 Å². The van der Waals surface area contributed by atoms with Crippen molar-refractivity contribution in [2.24, 2.45) is 0 Å². The van der Waals surface area contributed by atoms with Gasteiger partial charge in [-0.1, -0.05) is 12.1 Å². The Morgan fingerprint density at radius 3 is 2.30 bits per heavy atom. The van der Waals surface area contributed by atoms with Gasteiger partial charge in [0.2, 0.25) is 6.29 Å². The van der Waals surface area contributed by atoms with Gasteiger partial charge in [-0.25, -0.2) is 0 Å². The van der Waals surface area contributed by atoms with Crippen LogP contribution in [-0.4, -0.2) is 58.4 Å². The van der Waals surface area contributed by atoms with Crippen molar-refractivity contribution in [2.45, 2.75) is 30.9 Å². The number of aliphatic hydroxyl groups excluding tert-OH is 4. The molecule has 0 bridgehead atoms. The quantitative estimate of drug-likeness (QED) is 0.482. The maximum absolute atomic E-state index is 12.9. The van der Waals surface area contributed by atoms with Gasteiger partial charge in [-0.3, -0.25) is 4.79 Å². The minimum absolute atomic E-state index is 0.169. The molecule has 1 aromatic heterocycles. The third kappa shape index (κ3) is 3.64. The molecule has 3 aromatic rings. The third-order valence-electron chi connectivity index (χ3n) is 4.94. The van der Waals surface area contributed by atoms with Gasteiger partial charge in [0.15, 0.2) is 11.7 Å². The van der Waals surface area contributed by atoms with E-state index in [2.05, 4.69) is 0 Å². The second kappa shape index (κ2) is 8.05. The molecule has 0 saturated carbocycles. The Morgan fingerprint density at radius 2 is 1.60 bits per heavy atom. The summed E-state index contributed by atoms with van der Waals surface area (Å²) in [4.78, 5) is 12.9. The van der Waals surface area contributed by atoms with Crippen molar-refractivity contribution in [3.05, 3.63) is 59.0 Å². The van der Waals surface area contributed by atoms with Crippen molar-refractivity contribution in [3.8, 4) is 22.6 Å². The van der Waals surface area contributed by atoms with Crippen LogP contribution in [0.1, 0.15) is 0 Å². The second-order valence-corrected chi connectivity index (χ2v) is 6.85. The molecule has 0 radical (unpaired) electrons. The van der Waals surface area contributed by atoms with Crippen LogP contribution in [0.25, 0.3) is 22.1 Å². The molecular weight excluding hydrogens is 396 g/mol. The van der Waals surface area contributed by atoms with Crippen LogP contribution in [0, 0.1) is 0 Å². The summed E-state index contributed by atoms with van der Waals surface area (Å²) in [7, 11) is 1.56. The number of hydrogen-bond donors (Lipinski definition) is 4. The van der Waals surface area contributed by atoms with Gasteiger partial charge >= 0.3 is 0 Å². The lowest BCUT2D eigenvalue weighted by atomic mass is 10.0. The summed E-state index contributed by atoms with van der Waals surface area (Å²) in [5.74, 6) is 0.836. The molecule has 1 saturated heterocycles. The van der Waals surface area contributed by atoms with E-state index in [0.29, 0.717) is 22.3 Å². The lowest BCUT2D eigenvalue weighted by Gasteiger charge is -2.37. The number of fused-ring (bicyclic) bond motifs is 1.